The van der Waals surface area contributed by atoms with Gasteiger partial charge in [-0.05, 0) is 29.8 Å². The average molecular weight is 434 g/mol. The van der Waals surface area contributed by atoms with E-state index in [2.05, 4.69) is 20.6 Å². The smallest absolute Gasteiger partial charge is 0.351 e. The molecule has 4 rings (SSSR count). The Bertz CT molecular complexity index is 1390. The fraction of sp³-hybridized carbons (Fsp3) is 0.143. The molecule has 1 amide bonds. The third-order valence-corrected chi connectivity index (χ3v) is 4.60. The van der Waals surface area contributed by atoms with Gasteiger partial charge < -0.3 is 14.6 Å². The number of carbonyl (C=O) groups excluding carboxylic acids is 1. The molecule has 0 saturated carbocycles. The number of amides is 1. The molecule has 4 aromatic rings. The van der Waals surface area contributed by atoms with E-state index < -0.39 is 17.2 Å². The molecule has 0 radical (unpaired) electrons. The highest BCUT2D eigenvalue weighted by molar-refractivity contribution is 5.89. The fourth-order valence-electron chi connectivity index (χ4n) is 2.90. The molecule has 11 nitrogen and oxygen atoms in total. The van der Waals surface area contributed by atoms with E-state index in [4.69, 9.17) is 9.26 Å². The van der Waals surface area contributed by atoms with Gasteiger partial charge in [-0.15, -0.1) is 0 Å². The molecule has 0 spiro atoms. The summed E-state index contributed by atoms with van der Waals surface area (Å²) in [4.78, 5) is 41.5. The molecule has 0 atom stereocenters. The predicted molar refractivity (Wildman–Crippen MR) is 113 cm³/mol. The first kappa shape index (κ1) is 20.7. The van der Waals surface area contributed by atoms with Crippen LogP contribution in [0.15, 0.2) is 68.7 Å². The summed E-state index contributed by atoms with van der Waals surface area (Å²) >= 11 is 0. The molecule has 0 fully saturated rings. The lowest BCUT2D eigenvalue weighted by molar-refractivity contribution is 0.0907. The van der Waals surface area contributed by atoms with Gasteiger partial charge in [-0.1, -0.05) is 35.5 Å². The number of para-hydroxylation sites is 1. The second-order valence-electron chi connectivity index (χ2n) is 6.70. The van der Waals surface area contributed by atoms with Gasteiger partial charge >= 0.3 is 17.5 Å². The van der Waals surface area contributed by atoms with Gasteiger partial charge in [0.15, 0.2) is 5.69 Å². The van der Waals surface area contributed by atoms with Crippen LogP contribution in [0, 0.1) is 0 Å². The number of carbonyl (C=O) groups is 1. The van der Waals surface area contributed by atoms with Gasteiger partial charge in [-0.25, -0.2) is 4.79 Å². The number of rotatable bonds is 6. The van der Waals surface area contributed by atoms with Crippen molar-refractivity contribution in [1.29, 1.82) is 0 Å². The topological polar surface area (TPSA) is 134 Å². The Morgan fingerprint density at radius 3 is 2.66 bits per heavy atom. The van der Waals surface area contributed by atoms with Gasteiger partial charge in [0.05, 0.1) is 12.8 Å². The normalized spacial score (nSPS) is 10.7. The third kappa shape index (κ3) is 4.03. The minimum atomic E-state index is -0.716. The van der Waals surface area contributed by atoms with E-state index in [-0.39, 0.29) is 24.0 Å². The first-order chi connectivity index (χ1) is 15.5. The van der Waals surface area contributed by atoms with Gasteiger partial charge in [-0.2, -0.15) is 14.8 Å². The number of nitrogens with zero attached hydrogens (tertiary/aromatic N) is 5. The second-order valence-corrected chi connectivity index (χ2v) is 6.70. The molecule has 2 aromatic heterocycles. The quantitative estimate of drug-likeness (QED) is 0.473. The summed E-state index contributed by atoms with van der Waals surface area (Å²) in [5, 5.41) is 10.5. The second kappa shape index (κ2) is 8.68. The van der Waals surface area contributed by atoms with Gasteiger partial charge in [0.2, 0.25) is 5.82 Å². The van der Waals surface area contributed by atoms with Gasteiger partial charge in [-0.3, -0.25) is 14.2 Å². The van der Waals surface area contributed by atoms with E-state index in [0.717, 1.165) is 14.8 Å². The minimum absolute atomic E-state index is 0.201. The lowest BCUT2D eigenvalue weighted by atomic mass is 10.2. The van der Waals surface area contributed by atoms with Crippen molar-refractivity contribution in [1.82, 2.24) is 29.8 Å². The minimum Gasteiger partial charge on any atom is -0.497 e. The predicted octanol–water partition coefficient (Wildman–Crippen LogP) is 0.920. The molecule has 32 heavy (non-hydrogen) atoms. The maximum absolute atomic E-state index is 12.6. The Labute approximate surface area is 180 Å². The van der Waals surface area contributed by atoms with Crippen molar-refractivity contribution in [3.8, 4) is 23.0 Å². The summed E-state index contributed by atoms with van der Waals surface area (Å²) in [6.07, 6.45) is 0. The molecule has 11 heteroatoms. The van der Waals surface area contributed by atoms with Crippen LogP contribution in [0.5, 0.6) is 5.75 Å². The third-order valence-electron chi connectivity index (χ3n) is 4.60. The van der Waals surface area contributed by atoms with Crippen molar-refractivity contribution in [2.45, 2.75) is 6.54 Å². The summed E-state index contributed by atoms with van der Waals surface area (Å²) in [6, 6.07) is 15.8. The highest BCUT2D eigenvalue weighted by atomic mass is 16.5. The van der Waals surface area contributed by atoms with Crippen molar-refractivity contribution in [2.24, 2.45) is 7.05 Å². The van der Waals surface area contributed by atoms with E-state index >= 15 is 0 Å². The van der Waals surface area contributed by atoms with Crippen molar-refractivity contribution in [2.75, 3.05) is 7.11 Å². The van der Waals surface area contributed by atoms with Crippen LogP contribution in [-0.4, -0.2) is 37.5 Å². The number of nitrogens with one attached hydrogen (secondary N) is 1. The van der Waals surface area contributed by atoms with Crippen molar-refractivity contribution < 1.29 is 14.1 Å². The molecule has 2 heterocycles. The monoisotopic (exact) mass is 434 g/mol. The highest BCUT2D eigenvalue weighted by Gasteiger charge is 2.21. The van der Waals surface area contributed by atoms with E-state index in [1.54, 1.807) is 55.6 Å². The Morgan fingerprint density at radius 1 is 1.12 bits per heavy atom. The maximum Gasteiger partial charge on any atom is 0.351 e. The lowest BCUT2D eigenvalue weighted by Gasteiger charge is -2.07. The molecule has 162 valence electrons. The lowest BCUT2D eigenvalue weighted by Crippen LogP contribution is -2.40. The van der Waals surface area contributed by atoms with E-state index in [1.807, 2.05) is 6.07 Å². The maximum atomic E-state index is 12.6. The number of benzene rings is 2. The van der Waals surface area contributed by atoms with Crippen molar-refractivity contribution in [3.05, 3.63) is 86.9 Å². The first-order valence-electron chi connectivity index (χ1n) is 9.49. The first-order valence-corrected chi connectivity index (χ1v) is 9.49. The Hall–Kier alpha value is -4.54. The number of hydrogen-bond donors (Lipinski definition) is 1. The molecular formula is C21H18N6O5. The van der Waals surface area contributed by atoms with Gasteiger partial charge in [0.25, 0.3) is 5.56 Å². The summed E-state index contributed by atoms with van der Waals surface area (Å²) in [5.74, 6) is -0.516. The number of methoxy groups -OCH3 is 1. The largest absolute Gasteiger partial charge is 0.497 e. The van der Waals surface area contributed by atoms with Crippen LogP contribution in [0.1, 0.15) is 16.2 Å². The van der Waals surface area contributed by atoms with Crippen molar-refractivity contribution >= 4 is 5.91 Å². The molecule has 0 aliphatic heterocycles. The zero-order valence-corrected chi connectivity index (χ0v) is 17.2. The fourth-order valence-corrected chi connectivity index (χ4v) is 2.90. The molecule has 0 saturated heterocycles. The summed E-state index contributed by atoms with van der Waals surface area (Å²) in [6.45, 7) is 0.201. The summed E-state index contributed by atoms with van der Waals surface area (Å²) in [7, 11) is 2.87. The zero-order chi connectivity index (χ0) is 22.7. The van der Waals surface area contributed by atoms with Crippen LogP contribution in [0.3, 0.4) is 0 Å². The van der Waals surface area contributed by atoms with Crippen LogP contribution in [0.25, 0.3) is 17.2 Å². The molecule has 0 aliphatic carbocycles. The van der Waals surface area contributed by atoms with E-state index in [0.29, 0.717) is 11.4 Å². The Balaban J connectivity index is 1.60. The zero-order valence-electron chi connectivity index (χ0n) is 17.2. The van der Waals surface area contributed by atoms with Crippen LogP contribution < -0.4 is 21.3 Å². The average Bonchev–Trinajstić information content (AvgIpc) is 3.32. The Morgan fingerprint density at radius 2 is 1.91 bits per heavy atom. The Kier molecular flexibility index (Phi) is 5.62. The molecule has 0 aliphatic rings. The van der Waals surface area contributed by atoms with Gasteiger partial charge in [0.1, 0.15) is 5.75 Å². The van der Waals surface area contributed by atoms with Crippen LogP contribution in [0.2, 0.25) is 0 Å². The summed E-state index contributed by atoms with van der Waals surface area (Å²) < 4.78 is 12.1. The molecule has 0 unspecified atom stereocenters. The van der Waals surface area contributed by atoms with E-state index in [9.17, 15) is 14.4 Å². The molecular weight excluding hydrogens is 416 g/mol. The number of aromatic nitrogens is 5. The summed E-state index contributed by atoms with van der Waals surface area (Å²) in [5.41, 5.74) is -0.320. The van der Waals surface area contributed by atoms with Crippen molar-refractivity contribution in [3.63, 3.8) is 0 Å². The molecule has 1 N–H and O–H groups in total. The number of hydrogen-bond acceptors (Lipinski definition) is 8. The van der Waals surface area contributed by atoms with E-state index in [1.165, 1.54) is 7.05 Å². The standard InChI is InChI=1S/C21H18N6O5/c1-26-20(29)16(24-27(21(26)30)14-8-4-3-5-9-14)17-23-19(32-25-17)18(28)22-12-13-7-6-10-15(11-13)31-2/h3-11H,12H2,1-2H3,(H,22,28). The van der Waals surface area contributed by atoms with Gasteiger partial charge in [0, 0.05) is 13.6 Å². The number of ether oxygens (including phenoxy) is 1. The SMILES string of the molecule is COc1cccc(CNC(=O)c2nc(-c3nn(-c4ccccc4)c(=O)n(C)c3=O)no2)c1. The van der Waals surface area contributed by atoms with Crippen LogP contribution in [-0.2, 0) is 13.6 Å². The molecule has 2 aromatic carbocycles. The molecule has 0 bridgehead atoms. The van der Waals surface area contributed by atoms with Crippen LogP contribution >= 0.6 is 0 Å². The highest BCUT2D eigenvalue weighted by Crippen LogP contribution is 2.13. The van der Waals surface area contributed by atoms with Crippen LogP contribution in [0.4, 0.5) is 0 Å².